The molecule has 2 N–H and O–H groups in total. The maximum absolute atomic E-state index is 13.8. The van der Waals surface area contributed by atoms with E-state index in [-0.39, 0.29) is 30.4 Å². The number of amidine groups is 1. The number of thiazole rings is 1. The minimum absolute atomic E-state index is 0.0267. The Kier molecular flexibility index (Phi) is 8.11. The Labute approximate surface area is 210 Å². The topological polar surface area (TPSA) is 113 Å². The zero-order valence-corrected chi connectivity index (χ0v) is 20.4. The third-order valence-corrected chi connectivity index (χ3v) is 6.67. The number of carboxylic acid groups (broad SMARTS) is 1. The normalized spacial score (nSPS) is 20.8. The van der Waals surface area contributed by atoms with E-state index in [4.69, 9.17) is 26.1 Å². The molecule has 4 rings (SSSR count). The first kappa shape index (κ1) is 25.2. The molecule has 35 heavy (non-hydrogen) atoms. The molecule has 3 heterocycles. The molecule has 1 unspecified atom stereocenters. The molecule has 0 saturated carbocycles. The molecule has 2 atom stereocenters. The van der Waals surface area contributed by atoms with Crippen molar-refractivity contribution in [3.8, 4) is 0 Å². The van der Waals surface area contributed by atoms with Crippen LogP contribution in [-0.4, -0.2) is 71.7 Å². The van der Waals surface area contributed by atoms with E-state index in [2.05, 4.69) is 10.3 Å². The third kappa shape index (κ3) is 5.69. The van der Waals surface area contributed by atoms with Gasteiger partial charge in [-0.15, -0.1) is 11.3 Å². The lowest BCUT2D eigenvalue weighted by Crippen LogP contribution is -2.52. The van der Waals surface area contributed by atoms with Crippen LogP contribution >= 0.6 is 22.9 Å². The van der Waals surface area contributed by atoms with Crippen LogP contribution in [0.5, 0.6) is 0 Å². The molecule has 1 fully saturated rings. The molecule has 1 aromatic carbocycles. The second-order valence-corrected chi connectivity index (χ2v) is 9.24. The molecule has 2 aromatic rings. The Morgan fingerprint density at radius 2 is 2.26 bits per heavy atom. The number of aliphatic imine (C=N–C) groups is 1. The molecular formula is C23H24ClFN4O5S. The van der Waals surface area contributed by atoms with Crippen LogP contribution < -0.4 is 5.32 Å². The largest absolute Gasteiger partial charge is 0.480 e. The second-order valence-electron chi connectivity index (χ2n) is 7.94. The SMILES string of the molecule is CCCOC(=O)C1=C(CN2CCOC[C@H]2C(=O)O)NC(c2nccs2)=NC1c1ccc(F)cc1Cl. The number of carbonyl (C=O) groups excluding carboxylic acids is 1. The number of rotatable bonds is 8. The minimum atomic E-state index is -1.02. The highest BCUT2D eigenvalue weighted by atomic mass is 35.5. The molecule has 0 spiro atoms. The number of carboxylic acids is 1. The smallest absolute Gasteiger partial charge is 0.338 e. The van der Waals surface area contributed by atoms with E-state index in [0.29, 0.717) is 41.7 Å². The van der Waals surface area contributed by atoms with Gasteiger partial charge in [0.2, 0.25) is 0 Å². The summed E-state index contributed by atoms with van der Waals surface area (Å²) in [6, 6.07) is 2.09. The van der Waals surface area contributed by atoms with Crippen molar-refractivity contribution in [1.82, 2.24) is 15.2 Å². The number of ether oxygens (including phenoxy) is 2. The predicted octanol–water partition coefficient (Wildman–Crippen LogP) is 3.02. The van der Waals surface area contributed by atoms with Crippen LogP contribution in [0.2, 0.25) is 5.02 Å². The van der Waals surface area contributed by atoms with Crippen molar-refractivity contribution in [3.63, 3.8) is 0 Å². The molecule has 0 bridgehead atoms. The molecule has 186 valence electrons. The number of aromatic nitrogens is 1. The van der Waals surface area contributed by atoms with Crippen LogP contribution in [0.4, 0.5) is 4.39 Å². The van der Waals surface area contributed by atoms with Crippen LogP contribution in [0.3, 0.4) is 0 Å². The quantitative estimate of drug-likeness (QED) is 0.509. The summed E-state index contributed by atoms with van der Waals surface area (Å²) >= 11 is 7.74. The van der Waals surface area contributed by atoms with E-state index in [0.717, 1.165) is 6.07 Å². The fraction of sp³-hybridized carbons (Fsp3) is 0.391. The fourth-order valence-corrected chi connectivity index (χ4v) is 4.75. The predicted molar refractivity (Wildman–Crippen MR) is 128 cm³/mol. The van der Waals surface area contributed by atoms with Gasteiger partial charge in [0.25, 0.3) is 0 Å². The monoisotopic (exact) mass is 522 g/mol. The van der Waals surface area contributed by atoms with E-state index in [9.17, 15) is 19.1 Å². The van der Waals surface area contributed by atoms with Gasteiger partial charge in [-0.25, -0.2) is 14.2 Å². The van der Waals surface area contributed by atoms with Crippen molar-refractivity contribution in [2.75, 3.05) is 32.9 Å². The van der Waals surface area contributed by atoms with Gasteiger partial charge >= 0.3 is 11.9 Å². The Morgan fingerprint density at radius 1 is 1.43 bits per heavy atom. The lowest BCUT2D eigenvalue weighted by Gasteiger charge is -2.35. The highest BCUT2D eigenvalue weighted by Gasteiger charge is 2.37. The van der Waals surface area contributed by atoms with Crippen LogP contribution in [0.1, 0.15) is 30.0 Å². The summed E-state index contributed by atoms with van der Waals surface area (Å²) in [5.74, 6) is -1.76. The highest BCUT2D eigenvalue weighted by molar-refractivity contribution is 7.11. The number of morpholine rings is 1. The molecule has 9 nitrogen and oxygen atoms in total. The molecule has 1 aromatic heterocycles. The summed E-state index contributed by atoms with van der Waals surface area (Å²) in [6.07, 6.45) is 2.24. The highest BCUT2D eigenvalue weighted by Crippen LogP contribution is 2.37. The molecule has 1 saturated heterocycles. The molecule has 12 heteroatoms. The maximum Gasteiger partial charge on any atom is 0.338 e. The zero-order valence-electron chi connectivity index (χ0n) is 18.9. The third-order valence-electron chi connectivity index (χ3n) is 5.56. The van der Waals surface area contributed by atoms with Gasteiger partial charge in [-0.3, -0.25) is 14.7 Å². The molecule has 0 aliphatic carbocycles. The Hall–Kier alpha value is -2.86. The first-order valence-corrected chi connectivity index (χ1v) is 12.3. The molecule has 0 radical (unpaired) electrons. The summed E-state index contributed by atoms with van der Waals surface area (Å²) in [5.41, 5.74) is 1.02. The molecule has 2 aliphatic rings. The number of hydrogen-bond donors (Lipinski definition) is 2. The number of esters is 1. The van der Waals surface area contributed by atoms with Gasteiger partial charge in [0.1, 0.15) is 17.9 Å². The summed E-state index contributed by atoms with van der Waals surface area (Å²) in [6.45, 7) is 2.89. The molecule has 0 amide bonds. The summed E-state index contributed by atoms with van der Waals surface area (Å²) in [4.78, 5) is 35.9. The number of aliphatic carboxylic acids is 1. The second kappa shape index (κ2) is 11.3. The lowest BCUT2D eigenvalue weighted by atomic mass is 9.95. The zero-order chi connectivity index (χ0) is 24.9. The Bertz CT molecular complexity index is 1160. The standard InChI is InChI=1S/C23H24ClFN4O5S/c1-2-7-34-23(32)18-16(11-29-6-8-33-12-17(29)22(30)31)27-20(21-26-5-9-35-21)28-19(18)14-4-3-13(25)10-15(14)24/h3-5,9-10,17,19H,2,6-8,11-12H2,1H3,(H,27,28)(H,30,31)/t17-,19?/m0/s1. The van der Waals surface area contributed by atoms with E-state index in [1.54, 1.807) is 16.5 Å². The van der Waals surface area contributed by atoms with Gasteiger partial charge < -0.3 is 19.9 Å². The van der Waals surface area contributed by atoms with Gasteiger partial charge in [-0.2, -0.15) is 0 Å². The van der Waals surface area contributed by atoms with Gasteiger partial charge in [-0.1, -0.05) is 24.6 Å². The van der Waals surface area contributed by atoms with Gasteiger partial charge in [0.15, 0.2) is 10.8 Å². The number of halogens is 2. The number of nitrogens with one attached hydrogen (secondary N) is 1. The first-order chi connectivity index (χ1) is 16.9. The van der Waals surface area contributed by atoms with Crippen molar-refractivity contribution >= 4 is 40.7 Å². The van der Waals surface area contributed by atoms with Gasteiger partial charge in [0.05, 0.1) is 25.4 Å². The van der Waals surface area contributed by atoms with Crippen molar-refractivity contribution in [2.45, 2.75) is 25.4 Å². The average molecular weight is 523 g/mol. The van der Waals surface area contributed by atoms with E-state index in [1.165, 1.54) is 23.5 Å². The first-order valence-electron chi connectivity index (χ1n) is 11.0. The van der Waals surface area contributed by atoms with E-state index >= 15 is 0 Å². The number of hydrogen-bond acceptors (Lipinski definition) is 9. The number of benzene rings is 1. The number of carbonyl (C=O) groups is 2. The summed E-state index contributed by atoms with van der Waals surface area (Å²) in [5, 5.41) is 15.3. The Balaban J connectivity index is 1.83. The van der Waals surface area contributed by atoms with Crippen molar-refractivity contribution in [3.05, 3.63) is 62.5 Å². The molecule has 2 aliphatic heterocycles. The van der Waals surface area contributed by atoms with E-state index in [1.807, 2.05) is 6.92 Å². The summed E-state index contributed by atoms with van der Waals surface area (Å²) in [7, 11) is 0. The van der Waals surface area contributed by atoms with Gasteiger partial charge in [-0.05, 0) is 18.6 Å². The van der Waals surface area contributed by atoms with Crippen LogP contribution in [0.15, 0.2) is 46.0 Å². The minimum Gasteiger partial charge on any atom is -0.480 e. The van der Waals surface area contributed by atoms with Crippen molar-refractivity contribution in [1.29, 1.82) is 0 Å². The maximum atomic E-state index is 13.8. The van der Waals surface area contributed by atoms with Crippen molar-refractivity contribution < 1.29 is 28.6 Å². The summed E-state index contributed by atoms with van der Waals surface area (Å²) < 4.78 is 24.6. The van der Waals surface area contributed by atoms with E-state index < -0.39 is 29.8 Å². The van der Waals surface area contributed by atoms with Crippen LogP contribution in [0, 0.1) is 5.82 Å². The average Bonchev–Trinajstić information content (AvgIpc) is 3.37. The Morgan fingerprint density at radius 3 is 2.94 bits per heavy atom. The fourth-order valence-electron chi connectivity index (χ4n) is 3.89. The van der Waals surface area contributed by atoms with Crippen LogP contribution in [0.25, 0.3) is 0 Å². The lowest BCUT2D eigenvalue weighted by molar-refractivity contribution is -0.149. The molecular weight excluding hydrogens is 499 g/mol. The number of nitrogens with zero attached hydrogens (tertiary/aromatic N) is 3. The van der Waals surface area contributed by atoms with Crippen molar-refractivity contribution in [2.24, 2.45) is 4.99 Å². The van der Waals surface area contributed by atoms with Gasteiger partial charge in [0, 0.05) is 40.9 Å². The van der Waals surface area contributed by atoms with Crippen LogP contribution in [-0.2, 0) is 19.1 Å².